The molecule has 0 unspecified atom stereocenters. The van der Waals surface area contributed by atoms with Crippen LogP contribution in [0.15, 0.2) is 18.3 Å². The van der Waals surface area contributed by atoms with E-state index in [4.69, 9.17) is 5.11 Å². The van der Waals surface area contributed by atoms with E-state index in [1.54, 1.807) is 13.0 Å². The highest BCUT2D eigenvalue weighted by molar-refractivity contribution is 7.07. The molecule has 2 aromatic heterocycles. The van der Waals surface area contributed by atoms with Gasteiger partial charge in [0.1, 0.15) is 10.6 Å². The third-order valence-electron chi connectivity index (χ3n) is 2.35. The molecule has 0 atom stereocenters. The van der Waals surface area contributed by atoms with E-state index in [-0.39, 0.29) is 18.1 Å². The zero-order valence-electron chi connectivity index (χ0n) is 9.95. The Kier molecular flexibility index (Phi) is 3.81. The fourth-order valence-electron chi connectivity index (χ4n) is 1.36. The number of rotatable bonds is 4. The number of carbonyl (C=O) groups is 2. The Labute approximate surface area is 112 Å². The van der Waals surface area contributed by atoms with Crippen molar-refractivity contribution in [2.75, 3.05) is 0 Å². The number of aryl methyl sites for hydroxylation is 1. The molecule has 0 radical (unpaired) electrons. The summed E-state index contributed by atoms with van der Waals surface area (Å²) in [5, 5.41) is 15.2. The highest BCUT2D eigenvalue weighted by Crippen LogP contribution is 2.09. The first-order chi connectivity index (χ1) is 9.08. The van der Waals surface area contributed by atoms with Gasteiger partial charge in [-0.2, -0.15) is 0 Å². The Bertz CT molecular complexity index is 609. The van der Waals surface area contributed by atoms with E-state index in [0.29, 0.717) is 16.1 Å². The zero-order valence-corrected chi connectivity index (χ0v) is 10.8. The van der Waals surface area contributed by atoms with E-state index < -0.39 is 5.97 Å². The van der Waals surface area contributed by atoms with Gasteiger partial charge in [-0.1, -0.05) is 10.6 Å². The van der Waals surface area contributed by atoms with Crippen molar-refractivity contribution in [2.24, 2.45) is 0 Å². The maximum Gasteiger partial charge on any atom is 0.354 e. The van der Waals surface area contributed by atoms with Gasteiger partial charge in [-0.25, -0.2) is 9.78 Å². The number of hydrogen-bond donors (Lipinski definition) is 2. The molecule has 0 saturated heterocycles. The fraction of sp³-hybridized carbons (Fsp3) is 0.182. The molecule has 7 nitrogen and oxygen atoms in total. The second-order valence-corrected chi connectivity index (χ2v) is 4.48. The Morgan fingerprint density at radius 3 is 2.74 bits per heavy atom. The van der Waals surface area contributed by atoms with E-state index >= 15 is 0 Å². The maximum atomic E-state index is 11.8. The Balaban J connectivity index is 1.97. The minimum atomic E-state index is -1.08. The molecule has 8 heteroatoms. The molecule has 2 aromatic rings. The first kappa shape index (κ1) is 13.1. The quantitative estimate of drug-likeness (QED) is 0.859. The van der Waals surface area contributed by atoms with Gasteiger partial charge in [0, 0.05) is 12.7 Å². The van der Waals surface area contributed by atoms with E-state index in [1.807, 2.05) is 0 Å². The average Bonchev–Trinajstić information content (AvgIpc) is 2.83. The van der Waals surface area contributed by atoms with Gasteiger partial charge in [0.2, 0.25) is 0 Å². The smallest absolute Gasteiger partial charge is 0.354 e. The number of amides is 1. The standard InChI is InChI=1S/C11H10N4O3S/c1-6-9(19-15-14-6)10(16)13-5-7-2-3-8(11(17)18)12-4-7/h2-4H,5H2,1H3,(H,13,16)(H,17,18). The lowest BCUT2D eigenvalue weighted by Crippen LogP contribution is -2.22. The van der Waals surface area contributed by atoms with Crippen molar-refractivity contribution >= 4 is 23.4 Å². The number of carboxylic acids is 1. The van der Waals surface area contributed by atoms with Gasteiger partial charge >= 0.3 is 5.97 Å². The monoisotopic (exact) mass is 278 g/mol. The van der Waals surface area contributed by atoms with Crippen LogP contribution in [0.2, 0.25) is 0 Å². The number of hydrogen-bond acceptors (Lipinski definition) is 6. The second-order valence-electron chi connectivity index (χ2n) is 3.73. The number of pyridine rings is 1. The number of aromatic carboxylic acids is 1. The lowest BCUT2D eigenvalue weighted by molar-refractivity contribution is 0.0690. The number of carbonyl (C=O) groups excluding carboxylic acids is 1. The van der Waals surface area contributed by atoms with Gasteiger partial charge in [0.05, 0.1) is 5.69 Å². The molecule has 0 aliphatic heterocycles. The average molecular weight is 278 g/mol. The molecule has 0 bridgehead atoms. The number of nitrogens with one attached hydrogen (secondary N) is 1. The minimum absolute atomic E-state index is 0.0300. The third-order valence-corrected chi connectivity index (χ3v) is 3.18. The summed E-state index contributed by atoms with van der Waals surface area (Å²) in [7, 11) is 0. The molecule has 19 heavy (non-hydrogen) atoms. The highest BCUT2D eigenvalue weighted by atomic mass is 32.1. The van der Waals surface area contributed by atoms with Crippen LogP contribution in [-0.4, -0.2) is 31.6 Å². The van der Waals surface area contributed by atoms with Crippen LogP contribution in [0.3, 0.4) is 0 Å². The molecule has 0 aliphatic carbocycles. The largest absolute Gasteiger partial charge is 0.477 e. The molecule has 0 aromatic carbocycles. The van der Waals surface area contributed by atoms with E-state index in [0.717, 1.165) is 11.5 Å². The summed E-state index contributed by atoms with van der Waals surface area (Å²) in [6, 6.07) is 3.00. The minimum Gasteiger partial charge on any atom is -0.477 e. The summed E-state index contributed by atoms with van der Waals surface area (Å²) in [6.07, 6.45) is 1.42. The maximum absolute atomic E-state index is 11.8. The summed E-state index contributed by atoms with van der Waals surface area (Å²) < 4.78 is 3.68. The lowest BCUT2D eigenvalue weighted by atomic mass is 10.2. The highest BCUT2D eigenvalue weighted by Gasteiger charge is 2.12. The van der Waals surface area contributed by atoms with Crippen LogP contribution in [0, 0.1) is 6.92 Å². The number of carboxylic acid groups (broad SMARTS) is 1. The predicted molar refractivity (Wildman–Crippen MR) is 67.0 cm³/mol. The summed E-state index contributed by atoms with van der Waals surface area (Å²) in [6.45, 7) is 1.98. The van der Waals surface area contributed by atoms with E-state index in [2.05, 4.69) is 19.9 Å². The van der Waals surface area contributed by atoms with Crippen molar-refractivity contribution in [3.8, 4) is 0 Å². The van der Waals surface area contributed by atoms with Crippen LogP contribution in [0.5, 0.6) is 0 Å². The van der Waals surface area contributed by atoms with Crippen LogP contribution in [0.1, 0.15) is 31.4 Å². The normalized spacial score (nSPS) is 10.2. The van der Waals surface area contributed by atoms with Crippen molar-refractivity contribution in [3.63, 3.8) is 0 Å². The lowest BCUT2D eigenvalue weighted by Gasteiger charge is -2.03. The molecule has 0 spiro atoms. The zero-order chi connectivity index (χ0) is 13.8. The fourth-order valence-corrected chi connectivity index (χ4v) is 1.93. The molecule has 2 rings (SSSR count). The van der Waals surface area contributed by atoms with Gasteiger partial charge < -0.3 is 10.4 Å². The molecular weight excluding hydrogens is 268 g/mol. The molecule has 0 fully saturated rings. The molecular formula is C11H10N4O3S. The summed E-state index contributed by atoms with van der Waals surface area (Å²) in [5.41, 5.74) is 1.27. The van der Waals surface area contributed by atoms with Crippen molar-refractivity contribution in [1.82, 2.24) is 19.9 Å². The predicted octanol–water partition coefficient (Wildman–Crippen LogP) is 0.870. The molecule has 0 saturated carbocycles. The van der Waals surface area contributed by atoms with Crippen LogP contribution >= 0.6 is 11.5 Å². The summed E-state index contributed by atoms with van der Waals surface area (Å²) in [5.74, 6) is -1.34. The second kappa shape index (κ2) is 5.53. The third kappa shape index (κ3) is 3.10. The SMILES string of the molecule is Cc1nnsc1C(=O)NCc1ccc(C(=O)O)nc1. The molecule has 2 heterocycles. The van der Waals surface area contributed by atoms with Crippen molar-refractivity contribution in [1.29, 1.82) is 0 Å². The number of aromatic nitrogens is 3. The van der Waals surface area contributed by atoms with Crippen molar-refractivity contribution < 1.29 is 14.7 Å². The molecule has 98 valence electrons. The van der Waals surface area contributed by atoms with E-state index in [1.165, 1.54) is 12.3 Å². The first-order valence-electron chi connectivity index (χ1n) is 5.33. The van der Waals surface area contributed by atoms with Crippen molar-refractivity contribution in [3.05, 3.63) is 40.2 Å². The van der Waals surface area contributed by atoms with Crippen molar-refractivity contribution in [2.45, 2.75) is 13.5 Å². The van der Waals surface area contributed by atoms with Gasteiger partial charge in [0.15, 0.2) is 0 Å². The summed E-state index contributed by atoms with van der Waals surface area (Å²) >= 11 is 1.03. The molecule has 1 amide bonds. The Morgan fingerprint density at radius 2 is 2.21 bits per heavy atom. The van der Waals surface area contributed by atoms with Gasteiger partial charge in [-0.15, -0.1) is 5.10 Å². The summed E-state index contributed by atoms with van der Waals surface area (Å²) in [4.78, 5) is 26.6. The Morgan fingerprint density at radius 1 is 1.42 bits per heavy atom. The van der Waals surface area contributed by atoms with Crippen LogP contribution in [0.4, 0.5) is 0 Å². The van der Waals surface area contributed by atoms with Crippen LogP contribution in [-0.2, 0) is 6.54 Å². The van der Waals surface area contributed by atoms with Gasteiger partial charge in [-0.3, -0.25) is 4.79 Å². The molecule has 2 N–H and O–H groups in total. The van der Waals surface area contributed by atoms with Gasteiger partial charge in [-0.05, 0) is 30.1 Å². The Hall–Kier alpha value is -2.35. The topological polar surface area (TPSA) is 105 Å². The van der Waals surface area contributed by atoms with Crippen LogP contribution in [0.25, 0.3) is 0 Å². The van der Waals surface area contributed by atoms with Gasteiger partial charge in [0.25, 0.3) is 5.91 Å². The van der Waals surface area contributed by atoms with E-state index in [9.17, 15) is 9.59 Å². The first-order valence-corrected chi connectivity index (χ1v) is 6.10. The molecule has 0 aliphatic rings. The number of nitrogens with zero attached hydrogens (tertiary/aromatic N) is 3. The van der Waals surface area contributed by atoms with Crippen LogP contribution < -0.4 is 5.32 Å².